The smallest absolute Gasteiger partial charge is 0.274 e. The summed E-state index contributed by atoms with van der Waals surface area (Å²) in [6.07, 6.45) is 4.87. The number of aromatic nitrogens is 2. The number of benzene rings is 1. The maximum atomic E-state index is 13.7. The zero-order chi connectivity index (χ0) is 19.2. The van der Waals surface area contributed by atoms with Crippen molar-refractivity contribution in [3.8, 4) is 5.75 Å². The summed E-state index contributed by atoms with van der Waals surface area (Å²) in [5.74, 6) is 0.0479. The Hall–Kier alpha value is -2.89. The molecule has 0 aliphatic rings. The highest BCUT2D eigenvalue weighted by Crippen LogP contribution is 2.20. The van der Waals surface area contributed by atoms with Gasteiger partial charge in [-0.1, -0.05) is 26.7 Å². The van der Waals surface area contributed by atoms with E-state index < -0.39 is 5.82 Å². The number of hydrogen-bond donors (Lipinski definition) is 1. The molecule has 5 nitrogen and oxygen atoms in total. The van der Waals surface area contributed by atoms with Crippen LogP contribution in [0.25, 0.3) is 5.65 Å². The molecular weight excluding hydrogens is 345 g/mol. The number of rotatable bonds is 8. The number of nitrogens with one attached hydrogen (secondary N) is 1. The van der Waals surface area contributed by atoms with Gasteiger partial charge in [0, 0.05) is 11.9 Å². The molecular formula is C21H24FN3O2. The molecule has 1 aromatic carbocycles. The second kappa shape index (κ2) is 8.66. The third-order valence-corrected chi connectivity index (χ3v) is 4.24. The van der Waals surface area contributed by atoms with E-state index in [9.17, 15) is 9.18 Å². The number of carbonyl (C=O) groups excluding carboxylic acids is 1. The first kappa shape index (κ1) is 18.9. The topological polar surface area (TPSA) is 55.6 Å². The molecule has 27 heavy (non-hydrogen) atoms. The van der Waals surface area contributed by atoms with Crippen LogP contribution < -0.4 is 10.1 Å². The number of carbonyl (C=O) groups is 1. The lowest BCUT2D eigenvalue weighted by Crippen LogP contribution is -2.16. The summed E-state index contributed by atoms with van der Waals surface area (Å²) in [7, 11) is 0. The molecule has 1 N–H and O–H groups in total. The maximum Gasteiger partial charge on any atom is 0.274 e. The molecule has 0 bridgehead atoms. The number of anilines is 1. The van der Waals surface area contributed by atoms with E-state index in [1.165, 1.54) is 16.7 Å². The van der Waals surface area contributed by atoms with Crippen molar-refractivity contribution in [2.24, 2.45) is 0 Å². The number of pyridine rings is 1. The van der Waals surface area contributed by atoms with E-state index in [1.54, 1.807) is 18.2 Å². The number of aryl methyl sites for hydroxylation is 1. The summed E-state index contributed by atoms with van der Waals surface area (Å²) in [6.45, 7) is 4.81. The van der Waals surface area contributed by atoms with Crippen LogP contribution >= 0.6 is 0 Å². The highest BCUT2D eigenvalue weighted by atomic mass is 19.1. The first-order valence-corrected chi connectivity index (χ1v) is 9.33. The minimum absolute atomic E-state index is 0.309. The Morgan fingerprint density at radius 1 is 1.15 bits per heavy atom. The Morgan fingerprint density at radius 2 is 1.93 bits per heavy atom. The van der Waals surface area contributed by atoms with Crippen LogP contribution in [0, 0.1) is 5.82 Å². The third-order valence-electron chi connectivity index (χ3n) is 4.24. The van der Waals surface area contributed by atoms with Crippen LogP contribution in [0.15, 0.2) is 42.6 Å². The van der Waals surface area contributed by atoms with Crippen LogP contribution in [0.4, 0.5) is 10.1 Å². The molecule has 0 saturated heterocycles. The molecule has 0 aliphatic heterocycles. The predicted molar refractivity (Wildman–Crippen MR) is 104 cm³/mol. The van der Waals surface area contributed by atoms with Crippen LogP contribution in [0.2, 0.25) is 0 Å². The van der Waals surface area contributed by atoms with Crippen molar-refractivity contribution in [1.82, 2.24) is 9.38 Å². The van der Waals surface area contributed by atoms with Crippen LogP contribution in [0.3, 0.4) is 0 Å². The number of nitrogens with zero attached hydrogens (tertiary/aromatic N) is 2. The molecule has 0 spiro atoms. The van der Waals surface area contributed by atoms with Crippen LogP contribution in [-0.2, 0) is 6.42 Å². The zero-order valence-electron chi connectivity index (χ0n) is 15.7. The van der Waals surface area contributed by atoms with Gasteiger partial charge in [0.25, 0.3) is 5.91 Å². The minimum Gasteiger partial charge on any atom is -0.494 e. The van der Waals surface area contributed by atoms with Gasteiger partial charge in [0.15, 0.2) is 0 Å². The van der Waals surface area contributed by atoms with Gasteiger partial charge >= 0.3 is 0 Å². The first-order valence-electron chi connectivity index (χ1n) is 9.33. The lowest BCUT2D eigenvalue weighted by Gasteiger charge is -2.09. The van der Waals surface area contributed by atoms with E-state index in [4.69, 9.17) is 4.74 Å². The van der Waals surface area contributed by atoms with Gasteiger partial charge in [0.2, 0.25) is 0 Å². The number of unbranched alkanes of at least 4 members (excludes halogenated alkanes) is 1. The van der Waals surface area contributed by atoms with Crippen molar-refractivity contribution >= 4 is 17.2 Å². The van der Waals surface area contributed by atoms with Gasteiger partial charge in [-0.15, -0.1) is 0 Å². The average Bonchev–Trinajstić information content (AvgIpc) is 3.01. The molecule has 0 saturated carbocycles. The van der Waals surface area contributed by atoms with Gasteiger partial charge in [0.05, 0.1) is 12.3 Å². The van der Waals surface area contributed by atoms with Gasteiger partial charge in [-0.2, -0.15) is 0 Å². The van der Waals surface area contributed by atoms with Crippen LogP contribution in [0.5, 0.6) is 5.75 Å². The summed E-state index contributed by atoms with van der Waals surface area (Å²) in [4.78, 5) is 17.3. The van der Waals surface area contributed by atoms with E-state index in [-0.39, 0.29) is 5.91 Å². The van der Waals surface area contributed by atoms with Gasteiger partial charge in [-0.05, 0) is 49.2 Å². The summed E-state index contributed by atoms with van der Waals surface area (Å²) in [5.41, 5.74) is 2.25. The van der Waals surface area contributed by atoms with Crippen molar-refractivity contribution in [1.29, 1.82) is 0 Å². The van der Waals surface area contributed by atoms with E-state index >= 15 is 0 Å². The lowest BCUT2D eigenvalue weighted by molar-refractivity contribution is 0.102. The molecule has 2 heterocycles. The van der Waals surface area contributed by atoms with Crippen molar-refractivity contribution in [3.05, 3.63) is 59.8 Å². The van der Waals surface area contributed by atoms with Gasteiger partial charge < -0.3 is 10.1 Å². The highest BCUT2D eigenvalue weighted by molar-refractivity contribution is 6.04. The number of amides is 1. The van der Waals surface area contributed by atoms with Gasteiger partial charge in [-0.3, -0.25) is 9.20 Å². The van der Waals surface area contributed by atoms with E-state index in [2.05, 4.69) is 17.2 Å². The first-order chi connectivity index (χ1) is 13.1. The zero-order valence-corrected chi connectivity index (χ0v) is 15.7. The van der Waals surface area contributed by atoms with Crippen LogP contribution in [0.1, 0.15) is 49.3 Å². The molecule has 0 atom stereocenters. The second-order valence-electron chi connectivity index (χ2n) is 6.41. The Bertz CT molecular complexity index is 919. The fourth-order valence-electron chi connectivity index (χ4n) is 2.88. The number of ether oxygens (including phenoxy) is 1. The standard InChI is InChI=1S/C21H24FN3O2/c1-3-5-13-27-17-10-8-16(9-11-17)23-21(26)20-18(6-4-2)24-19-12-7-15(22)14-25(19)20/h7-12,14H,3-6,13H2,1-2H3,(H,23,26). The predicted octanol–water partition coefficient (Wildman–Crippen LogP) is 4.86. The lowest BCUT2D eigenvalue weighted by atomic mass is 10.2. The summed E-state index contributed by atoms with van der Waals surface area (Å²) >= 11 is 0. The quantitative estimate of drug-likeness (QED) is 0.577. The van der Waals surface area contributed by atoms with Crippen molar-refractivity contribution in [2.75, 3.05) is 11.9 Å². The van der Waals surface area contributed by atoms with Crippen molar-refractivity contribution in [2.45, 2.75) is 39.5 Å². The number of halogens is 1. The molecule has 3 aromatic rings. The Balaban J connectivity index is 1.81. The normalized spacial score (nSPS) is 10.9. The van der Waals surface area contributed by atoms with E-state index in [0.717, 1.165) is 25.0 Å². The monoisotopic (exact) mass is 369 g/mol. The van der Waals surface area contributed by atoms with Crippen molar-refractivity contribution in [3.63, 3.8) is 0 Å². The van der Waals surface area contributed by atoms with E-state index in [1.807, 2.05) is 19.1 Å². The third kappa shape index (κ3) is 4.45. The summed E-state index contributed by atoms with van der Waals surface area (Å²) in [6, 6.07) is 10.2. The Kier molecular flexibility index (Phi) is 6.06. The molecule has 0 aliphatic carbocycles. The van der Waals surface area contributed by atoms with Gasteiger partial charge in [-0.25, -0.2) is 9.37 Å². The summed E-state index contributed by atoms with van der Waals surface area (Å²) in [5, 5.41) is 2.87. The van der Waals surface area contributed by atoms with Crippen LogP contribution in [-0.4, -0.2) is 21.9 Å². The number of imidazole rings is 1. The molecule has 0 unspecified atom stereocenters. The van der Waals surface area contributed by atoms with E-state index in [0.29, 0.717) is 35.8 Å². The largest absolute Gasteiger partial charge is 0.494 e. The fourth-order valence-corrected chi connectivity index (χ4v) is 2.88. The Morgan fingerprint density at radius 3 is 2.63 bits per heavy atom. The second-order valence-corrected chi connectivity index (χ2v) is 6.41. The maximum absolute atomic E-state index is 13.7. The molecule has 1 amide bonds. The average molecular weight is 369 g/mol. The number of hydrogen-bond acceptors (Lipinski definition) is 3. The van der Waals surface area contributed by atoms with Gasteiger partial charge in [0.1, 0.15) is 22.9 Å². The SMILES string of the molecule is CCCCOc1ccc(NC(=O)c2c(CCC)nc3ccc(F)cn23)cc1. The molecule has 142 valence electrons. The number of fused-ring (bicyclic) bond motifs is 1. The molecule has 6 heteroatoms. The fraction of sp³-hybridized carbons (Fsp3) is 0.333. The van der Waals surface area contributed by atoms with Crippen molar-refractivity contribution < 1.29 is 13.9 Å². The summed E-state index contributed by atoms with van der Waals surface area (Å²) < 4.78 is 20.8. The highest BCUT2D eigenvalue weighted by Gasteiger charge is 2.19. The molecule has 0 radical (unpaired) electrons. The molecule has 3 rings (SSSR count). The molecule has 0 fully saturated rings. The minimum atomic E-state index is -0.412. The molecule has 2 aromatic heterocycles. The Labute approximate surface area is 158 Å².